The summed E-state index contributed by atoms with van der Waals surface area (Å²) < 4.78 is 0.381. The molecule has 1 heterocycles. The fourth-order valence-corrected chi connectivity index (χ4v) is 2.71. The second-order valence-electron chi connectivity index (χ2n) is 5.08. The molecular formula is C13H16BrN3O3. The number of hydrogen-bond acceptors (Lipinski definition) is 4. The Labute approximate surface area is 125 Å². The lowest BCUT2D eigenvalue weighted by Gasteiger charge is -2.20. The molecule has 0 aromatic heterocycles. The van der Waals surface area contributed by atoms with E-state index in [-0.39, 0.29) is 11.6 Å². The average molecular weight is 342 g/mol. The number of hydrogen-bond donors (Lipinski definition) is 0. The molecule has 1 aliphatic heterocycles. The standard InChI is InChI=1S/C13H16BrN3O3/c1-15(2)10-5-6-16(8-10)13(18)9-3-4-11(14)12(7-9)17(19)20/h3-4,7,10H,5-6,8H2,1-2H3. The molecule has 1 fully saturated rings. The number of carbonyl (C=O) groups is 1. The predicted octanol–water partition coefficient (Wildman–Crippen LogP) is 2.13. The quantitative estimate of drug-likeness (QED) is 0.624. The Morgan fingerprint density at radius 1 is 1.50 bits per heavy atom. The number of amides is 1. The molecule has 2 rings (SSSR count). The first-order chi connectivity index (χ1) is 9.40. The minimum atomic E-state index is -0.493. The zero-order valence-electron chi connectivity index (χ0n) is 11.4. The first-order valence-electron chi connectivity index (χ1n) is 6.30. The number of rotatable bonds is 3. The largest absolute Gasteiger partial charge is 0.337 e. The van der Waals surface area contributed by atoms with Gasteiger partial charge in [-0.2, -0.15) is 0 Å². The third-order valence-corrected chi connectivity index (χ3v) is 4.24. The Kier molecular flexibility index (Phi) is 4.39. The number of likely N-dealkylation sites (tertiary alicyclic amines) is 1. The zero-order chi connectivity index (χ0) is 14.9. The van der Waals surface area contributed by atoms with Crippen molar-refractivity contribution in [3.05, 3.63) is 38.3 Å². The minimum Gasteiger partial charge on any atom is -0.337 e. The van der Waals surface area contributed by atoms with E-state index in [1.807, 2.05) is 14.1 Å². The second-order valence-corrected chi connectivity index (χ2v) is 5.93. The van der Waals surface area contributed by atoms with Gasteiger partial charge in [0.25, 0.3) is 11.6 Å². The molecule has 1 aliphatic rings. The first-order valence-corrected chi connectivity index (χ1v) is 7.09. The number of halogens is 1. The van der Waals surface area contributed by atoms with Crippen LogP contribution in [0.5, 0.6) is 0 Å². The molecule has 0 aliphatic carbocycles. The van der Waals surface area contributed by atoms with Gasteiger partial charge in [-0.25, -0.2) is 0 Å². The van der Waals surface area contributed by atoms with Crippen LogP contribution in [0.2, 0.25) is 0 Å². The molecule has 1 amide bonds. The van der Waals surface area contributed by atoms with Crippen molar-refractivity contribution in [2.75, 3.05) is 27.2 Å². The fourth-order valence-electron chi connectivity index (χ4n) is 2.32. The van der Waals surface area contributed by atoms with Crippen LogP contribution < -0.4 is 0 Å². The van der Waals surface area contributed by atoms with Gasteiger partial charge in [0, 0.05) is 30.8 Å². The van der Waals surface area contributed by atoms with E-state index < -0.39 is 4.92 Å². The van der Waals surface area contributed by atoms with Crippen LogP contribution in [0.25, 0.3) is 0 Å². The smallest absolute Gasteiger partial charge is 0.284 e. The molecule has 1 saturated heterocycles. The van der Waals surface area contributed by atoms with E-state index in [1.165, 1.54) is 6.07 Å². The molecular weight excluding hydrogens is 326 g/mol. The van der Waals surface area contributed by atoms with Crippen molar-refractivity contribution in [1.29, 1.82) is 0 Å². The number of carbonyl (C=O) groups excluding carboxylic acids is 1. The number of nitrogens with zero attached hydrogens (tertiary/aromatic N) is 3. The van der Waals surface area contributed by atoms with Crippen LogP contribution in [0, 0.1) is 10.1 Å². The minimum absolute atomic E-state index is 0.0841. The highest BCUT2D eigenvalue weighted by Gasteiger charge is 2.29. The fraction of sp³-hybridized carbons (Fsp3) is 0.462. The Morgan fingerprint density at radius 2 is 2.20 bits per heavy atom. The van der Waals surface area contributed by atoms with Crippen LogP contribution in [0.3, 0.4) is 0 Å². The van der Waals surface area contributed by atoms with E-state index in [1.54, 1.807) is 17.0 Å². The van der Waals surface area contributed by atoms with E-state index in [4.69, 9.17) is 0 Å². The van der Waals surface area contributed by atoms with Gasteiger partial charge in [0.05, 0.1) is 9.40 Å². The third kappa shape index (κ3) is 2.99. The molecule has 108 valence electrons. The van der Waals surface area contributed by atoms with Crippen molar-refractivity contribution in [3.8, 4) is 0 Å². The highest BCUT2D eigenvalue weighted by molar-refractivity contribution is 9.10. The van der Waals surface area contributed by atoms with E-state index >= 15 is 0 Å². The molecule has 1 unspecified atom stereocenters. The molecule has 20 heavy (non-hydrogen) atoms. The SMILES string of the molecule is CN(C)C1CCN(C(=O)c2ccc(Br)c([N+](=O)[O-])c2)C1. The van der Waals surface area contributed by atoms with E-state index in [2.05, 4.69) is 20.8 Å². The van der Waals surface area contributed by atoms with E-state index in [9.17, 15) is 14.9 Å². The van der Waals surface area contributed by atoms with Crippen molar-refractivity contribution < 1.29 is 9.72 Å². The molecule has 0 N–H and O–H groups in total. The van der Waals surface area contributed by atoms with Crippen molar-refractivity contribution >= 4 is 27.5 Å². The molecule has 6 nitrogen and oxygen atoms in total. The summed E-state index contributed by atoms with van der Waals surface area (Å²) in [6, 6.07) is 4.84. The van der Waals surface area contributed by atoms with Crippen LogP contribution in [-0.4, -0.2) is 53.9 Å². The molecule has 0 radical (unpaired) electrons. The Morgan fingerprint density at radius 3 is 2.75 bits per heavy atom. The maximum Gasteiger partial charge on any atom is 0.284 e. The van der Waals surface area contributed by atoms with Crippen LogP contribution >= 0.6 is 15.9 Å². The summed E-state index contributed by atoms with van der Waals surface area (Å²) >= 11 is 3.12. The molecule has 0 bridgehead atoms. The van der Waals surface area contributed by atoms with Crippen molar-refractivity contribution in [3.63, 3.8) is 0 Å². The van der Waals surface area contributed by atoms with Gasteiger partial charge >= 0.3 is 0 Å². The van der Waals surface area contributed by atoms with Gasteiger partial charge in [0.1, 0.15) is 0 Å². The zero-order valence-corrected chi connectivity index (χ0v) is 13.0. The van der Waals surface area contributed by atoms with Crippen LogP contribution in [0.15, 0.2) is 22.7 Å². The highest BCUT2D eigenvalue weighted by Crippen LogP contribution is 2.27. The summed E-state index contributed by atoms with van der Waals surface area (Å²) in [5, 5.41) is 10.9. The highest BCUT2D eigenvalue weighted by atomic mass is 79.9. The molecule has 0 saturated carbocycles. The predicted molar refractivity (Wildman–Crippen MR) is 78.8 cm³/mol. The molecule has 7 heteroatoms. The number of benzene rings is 1. The summed E-state index contributed by atoms with van der Waals surface area (Å²) in [5.41, 5.74) is 0.276. The Balaban J connectivity index is 2.18. The lowest BCUT2D eigenvalue weighted by Crippen LogP contribution is -2.34. The number of likely N-dealkylation sites (N-methyl/N-ethyl adjacent to an activating group) is 1. The summed E-state index contributed by atoms with van der Waals surface area (Å²) in [7, 11) is 3.98. The van der Waals surface area contributed by atoms with Crippen LogP contribution in [0.1, 0.15) is 16.8 Å². The van der Waals surface area contributed by atoms with Crippen molar-refractivity contribution in [2.45, 2.75) is 12.5 Å². The summed E-state index contributed by atoms with van der Waals surface area (Å²) in [4.78, 5) is 26.6. The third-order valence-electron chi connectivity index (χ3n) is 3.57. The maximum atomic E-state index is 12.4. The van der Waals surface area contributed by atoms with Gasteiger partial charge in [-0.1, -0.05) is 0 Å². The second kappa shape index (κ2) is 5.88. The molecule has 1 atom stereocenters. The van der Waals surface area contributed by atoms with Crippen LogP contribution in [0.4, 0.5) is 5.69 Å². The Bertz CT molecular complexity index is 548. The van der Waals surface area contributed by atoms with Gasteiger partial charge in [-0.05, 0) is 48.6 Å². The molecule has 0 spiro atoms. The van der Waals surface area contributed by atoms with Gasteiger partial charge in [-0.15, -0.1) is 0 Å². The normalized spacial score (nSPS) is 18.6. The summed E-state index contributed by atoms with van der Waals surface area (Å²) in [6.45, 7) is 1.35. The van der Waals surface area contributed by atoms with Crippen molar-refractivity contribution in [1.82, 2.24) is 9.80 Å². The average Bonchev–Trinajstić information content (AvgIpc) is 2.87. The topological polar surface area (TPSA) is 66.7 Å². The van der Waals surface area contributed by atoms with Crippen LogP contribution in [-0.2, 0) is 0 Å². The first kappa shape index (κ1) is 14.9. The number of nitro groups is 1. The lowest BCUT2D eigenvalue weighted by molar-refractivity contribution is -0.385. The lowest BCUT2D eigenvalue weighted by atomic mass is 10.2. The van der Waals surface area contributed by atoms with Gasteiger partial charge in [0.2, 0.25) is 0 Å². The summed E-state index contributed by atoms with van der Waals surface area (Å²) in [5.74, 6) is -0.148. The maximum absolute atomic E-state index is 12.4. The van der Waals surface area contributed by atoms with E-state index in [0.717, 1.165) is 6.42 Å². The van der Waals surface area contributed by atoms with Gasteiger partial charge in [0.15, 0.2) is 0 Å². The molecule has 1 aromatic rings. The molecule has 1 aromatic carbocycles. The monoisotopic (exact) mass is 341 g/mol. The van der Waals surface area contributed by atoms with Gasteiger partial charge in [-0.3, -0.25) is 14.9 Å². The summed E-state index contributed by atoms with van der Waals surface area (Å²) in [6.07, 6.45) is 0.928. The Hall–Kier alpha value is -1.47. The number of nitro benzene ring substituents is 1. The van der Waals surface area contributed by atoms with E-state index in [0.29, 0.717) is 29.2 Å². The van der Waals surface area contributed by atoms with Gasteiger partial charge < -0.3 is 9.80 Å². The van der Waals surface area contributed by atoms with Crippen molar-refractivity contribution in [2.24, 2.45) is 0 Å².